The first-order valence-electron chi connectivity index (χ1n) is 8.20. The number of aliphatic hydroxyl groups is 4. The summed E-state index contributed by atoms with van der Waals surface area (Å²) < 4.78 is 5.29. The molecule has 144 valence electrons. The van der Waals surface area contributed by atoms with Gasteiger partial charge in [-0.25, -0.2) is 4.79 Å². The number of rotatable bonds is 9. The monoisotopic (exact) mass is 361 g/mol. The van der Waals surface area contributed by atoms with Crippen molar-refractivity contribution in [1.82, 2.24) is 5.32 Å². The molecule has 5 atom stereocenters. The topological polar surface area (TPSA) is 157 Å². The zero-order valence-corrected chi connectivity index (χ0v) is 14.3. The van der Waals surface area contributed by atoms with Crippen molar-refractivity contribution in [3.8, 4) is 0 Å². The first-order chi connectivity index (χ1) is 11.7. The zero-order valence-electron chi connectivity index (χ0n) is 14.3. The molecule has 1 aliphatic rings. The Morgan fingerprint density at radius 3 is 2.40 bits per heavy atom. The quantitative estimate of drug-likeness (QED) is 0.293. The SMILES string of the molecule is CC(C)CCC(=O)N[C@@H]1C(O)C=C(C(=O)O)OC1C(CO)C(O)CO. The molecule has 6 N–H and O–H groups in total. The van der Waals surface area contributed by atoms with Gasteiger partial charge < -0.3 is 35.6 Å². The van der Waals surface area contributed by atoms with E-state index in [2.05, 4.69) is 5.32 Å². The van der Waals surface area contributed by atoms with E-state index >= 15 is 0 Å². The fraction of sp³-hybridized carbons (Fsp3) is 0.750. The number of ether oxygens (including phenoxy) is 1. The summed E-state index contributed by atoms with van der Waals surface area (Å²) in [5.41, 5.74) is 0. The van der Waals surface area contributed by atoms with Gasteiger partial charge in [-0.05, 0) is 18.4 Å². The second kappa shape index (κ2) is 9.71. The van der Waals surface area contributed by atoms with Crippen molar-refractivity contribution in [1.29, 1.82) is 0 Å². The lowest BCUT2D eigenvalue weighted by molar-refractivity contribution is -0.145. The Balaban J connectivity index is 3.02. The number of carboxylic acid groups (broad SMARTS) is 1. The predicted molar refractivity (Wildman–Crippen MR) is 86.3 cm³/mol. The molecule has 9 heteroatoms. The molecule has 4 unspecified atom stereocenters. The first-order valence-corrected chi connectivity index (χ1v) is 8.20. The molecular formula is C16H27NO8. The maximum absolute atomic E-state index is 12.1. The lowest BCUT2D eigenvalue weighted by Crippen LogP contribution is -2.58. The Morgan fingerprint density at radius 2 is 1.92 bits per heavy atom. The van der Waals surface area contributed by atoms with Gasteiger partial charge in [0.2, 0.25) is 11.7 Å². The first kappa shape index (κ1) is 21.4. The van der Waals surface area contributed by atoms with E-state index in [0.29, 0.717) is 12.3 Å². The van der Waals surface area contributed by atoms with Crippen LogP contribution in [-0.4, -0.2) is 75.0 Å². The Bertz CT molecular complexity index is 493. The van der Waals surface area contributed by atoms with Crippen LogP contribution in [0.15, 0.2) is 11.8 Å². The number of aliphatic carboxylic acids is 1. The number of carbonyl (C=O) groups excluding carboxylic acids is 1. The maximum atomic E-state index is 12.1. The van der Waals surface area contributed by atoms with Crippen molar-refractivity contribution in [2.45, 2.75) is 51.0 Å². The number of hydrogen-bond donors (Lipinski definition) is 6. The van der Waals surface area contributed by atoms with Crippen LogP contribution in [0.5, 0.6) is 0 Å². The van der Waals surface area contributed by atoms with Crippen molar-refractivity contribution in [3.63, 3.8) is 0 Å². The third-order valence-corrected chi connectivity index (χ3v) is 4.11. The molecule has 25 heavy (non-hydrogen) atoms. The minimum absolute atomic E-state index is 0.204. The van der Waals surface area contributed by atoms with E-state index in [-0.39, 0.29) is 12.3 Å². The molecule has 0 fully saturated rings. The van der Waals surface area contributed by atoms with Crippen molar-refractivity contribution in [2.75, 3.05) is 13.2 Å². The molecule has 9 nitrogen and oxygen atoms in total. The number of aliphatic hydroxyl groups excluding tert-OH is 4. The van der Waals surface area contributed by atoms with Gasteiger partial charge in [-0.1, -0.05) is 13.8 Å². The molecule has 0 radical (unpaired) electrons. The van der Waals surface area contributed by atoms with Gasteiger partial charge in [-0.3, -0.25) is 4.79 Å². The van der Waals surface area contributed by atoms with Crippen LogP contribution in [0.1, 0.15) is 26.7 Å². The van der Waals surface area contributed by atoms with E-state index in [1.54, 1.807) is 0 Å². The zero-order chi connectivity index (χ0) is 19.1. The second-order valence-corrected chi connectivity index (χ2v) is 6.53. The van der Waals surface area contributed by atoms with Gasteiger partial charge in [0.25, 0.3) is 0 Å². The number of carboxylic acids is 1. The molecule has 0 aromatic carbocycles. The molecule has 1 aliphatic heterocycles. The third-order valence-electron chi connectivity index (χ3n) is 4.11. The standard InChI is InChI=1S/C16H27NO8/c1-8(2)3-4-13(22)17-14-10(20)5-12(16(23)24)25-15(14)9(6-18)11(21)7-19/h5,8-11,14-15,18-21H,3-4,6-7H2,1-2H3,(H,17,22)(H,23,24)/t9?,10?,11?,14-,15?/m1/s1. The van der Waals surface area contributed by atoms with Gasteiger partial charge >= 0.3 is 5.97 Å². The molecule has 0 aliphatic carbocycles. The van der Waals surface area contributed by atoms with Crippen LogP contribution in [0.25, 0.3) is 0 Å². The largest absolute Gasteiger partial charge is 0.481 e. The molecule has 0 saturated carbocycles. The van der Waals surface area contributed by atoms with Crippen LogP contribution in [0.4, 0.5) is 0 Å². The van der Waals surface area contributed by atoms with Crippen molar-refractivity contribution < 1.29 is 39.9 Å². The number of nitrogens with one attached hydrogen (secondary N) is 1. The number of hydrogen-bond acceptors (Lipinski definition) is 7. The summed E-state index contributed by atoms with van der Waals surface area (Å²) in [6, 6.07) is -1.07. The summed E-state index contributed by atoms with van der Waals surface area (Å²) >= 11 is 0. The van der Waals surface area contributed by atoms with Crippen LogP contribution in [-0.2, 0) is 14.3 Å². The van der Waals surface area contributed by atoms with E-state index in [4.69, 9.17) is 14.9 Å². The predicted octanol–water partition coefficient (Wildman–Crippen LogP) is -1.40. The maximum Gasteiger partial charge on any atom is 0.370 e. The summed E-state index contributed by atoms with van der Waals surface area (Å²) in [6.07, 6.45) is -2.24. The highest BCUT2D eigenvalue weighted by molar-refractivity contribution is 5.84. The highest BCUT2D eigenvalue weighted by Crippen LogP contribution is 2.26. The molecule has 0 saturated heterocycles. The van der Waals surface area contributed by atoms with Gasteiger partial charge in [0.15, 0.2) is 0 Å². The van der Waals surface area contributed by atoms with Crippen molar-refractivity contribution in [2.24, 2.45) is 11.8 Å². The summed E-state index contributed by atoms with van der Waals surface area (Å²) in [4.78, 5) is 23.2. The van der Waals surface area contributed by atoms with Crippen LogP contribution in [0, 0.1) is 11.8 Å². The summed E-state index contributed by atoms with van der Waals surface area (Å²) in [7, 11) is 0. The van der Waals surface area contributed by atoms with Crippen molar-refractivity contribution >= 4 is 11.9 Å². The fourth-order valence-corrected chi connectivity index (χ4v) is 2.61. The minimum atomic E-state index is -1.43. The minimum Gasteiger partial charge on any atom is -0.481 e. The average Bonchev–Trinajstić information content (AvgIpc) is 2.55. The highest BCUT2D eigenvalue weighted by Gasteiger charge is 2.43. The Hall–Kier alpha value is -1.68. The van der Waals surface area contributed by atoms with Gasteiger partial charge in [0.05, 0.1) is 31.5 Å². The van der Waals surface area contributed by atoms with Crippen LogP contribution >= 0.6 is 0 Å². The molecule has 1 amide bonds. The molecule has 0 aromatic heterocycles. The van der Waals surface area contributed by atoms with E-state index in [1.165, 1.54) is 0 Å². The molecule has 1 rings (SSSR count). The van der Waals surface area contributed by atoms with Crippen LogP contribution in [0.3, 0.4) is 0 Å². The Morgan fingerprint density at radius 1 is 1.28 bits per heavy atom. The number of carbonyl (C=O) groups is 2. The van der Waals surface area contributed by atoms with Gasteiger partial charge in [0.1, 0.15) is 6.10 Å². The summed E-state index contributed by atoms with van der Waals surface area (Å²) in [5, 5.41) is 50.4. The van der Waals surface area contributed by atoms with Gasteiger partial charge in [-0.15, -0.1) is 0 Å². The molecule has 0 spiro atoms. The fourth-order valence-electron chi connectivity index (χ4n) is 2.61. The molecule has 0 bridgehead atoms. The van der Waals surface area contributed by atoms with Gasteiger partial charge in [-0.2, -0.15) is 0 Å². The molecular weight excluding hydrogens is 334 g/mol. The van der Waals surface area contributed by atoms with Crippen LogP contribution in [0.2, 0.25) is 0 Å². The molecule has 1 heterocycles. The van der Waals surface area contributed by atoms with E-state index in [1.807, 2.05) is 13.8 Å². The number of amides is 1. The van der Waals surface area contributed by atoms with E-state index in [0.717, 1.165) is 6.08 Å². The highest BCUT2D eigenvalue weighted by atomic mass is 16.5. The summed E-state index contributed by atoms with van der Waals surface area (Å²) in [5.74, 6) is -3.14. The second-order valence-electron chi connectivity index (χ2n) is 6.53. The van der Waals surface area contributed by atoms with Crippen LogP contribution < -0.4 is 5.32 Å². The average molecular weight is 361 g/mol. The lowest BCUT2D eigenvalue weighted by atomic mass is 9.87. The molecule has 0 aromatic rings. The van der Waals surface area contributed by atoms with Crippen molar-refractivity contribution in [3.05, 3.63) is 11.8 Å². The lowest BCUT2D eigenvalue weighted by Gasteiger charge is -2.39. The van der Waals surface area contributed by atoms with Gasteiger partial charge in [0, 0.05) is 12.3 Å². The van der Waals surface area contributed by atoms with E-state index in [9.17, 15) is 24.9 Å². The Labute approximate surface area is 145 Å². The smallest absolute Gasteiger partial charge is 0.370 e. The Kier molecular flexibility index (Phi) is 8.30. The third kappa shape index (κ3) is 5.96. The summed E-state index contributed by atoms with van der Waals surface area (Å²) in [6.45, 7) is 2.58. The van der Waals surface area contributed by atoms with E-state index < -0.39 is 55.2 Å². The normalized spacial score (nSPS) is 25.7.